The van der Waals surface area contributed by atoms with Gasteiger partial charge in [0.1, 0.15) is 0 Å². The summed E-state index contributed by atoms with van der Waals surface area (Å²) >= 11 is 0. The molecule has 5 rings (SSSR count). The maximum absolute atomic E-state index is 6.94. The molecule has 0 saturated heterocycles. The summed E-state index contributed by atoms with van der Waals surface area (Å²) in [6.45, 7) is 13.0. The zero-order valence-corrected chi connectivity index (χ0v) is 31.1. The fraction of sp³-hybridized carbons (Fsp3) is 0.171. The van der Waals surface area contributed by atoms with Crippen molar-refractivity contribution < 1.29 is 21.7 Å². The molecule has 4 aromatic rings. The predicted octanol–water partition coefficient (Wildman–Crippen LogP) is 11.5. The van der Waals surface area contributed by atoms with E-state index in [1.165, 1.54) is 23.2 Å². The van der Waals surface area contributed by atoms with Crippen molar-refractivity contribution >= 4 is 9.52 Å². The van der Waals surface area contributed by atoms with Gasteiger partial charge in [-0.3, -0.25) is 6.08 Å². The van der Waals surface area contributed by atoms with Crippen molar-refractivity contribution in [2.24, 2.45) is 0 Å². The fourth-order valence-electron chi connectivity index (χ4n) is 2.93. The second-order valence-corrected chi connectivity index (χ2v) is 11.3. The minimum Gasteiger partial charge on any atom is -0.673 e. The maximum atomic E-state index is 6.94. The van der Waals surface area contributed by atoms with Crippen LogP contribution in [0.15, 0.2) is 140 Å². The minimum absolute atomic E-state index is 0. The fourth-order valence-corrected chi connectivity index (χ4v) is 4.29. The van der Waals surface area contributed by atoms with Gasteiger partial charge in [0.15, 0.2) is 0 Å². The first-order valence-electron chi connectivity index (χ1n) is 13.3. The van der Waals surface area contributed by atoms with E-state index in [1.807, 2.05) is 93.6 Å². The number of allylic oxidation sites excluding steroid dienone is 4. The summed E-state index contributed by atoms with van der Waals surface area (Å²) < 4.78 is 0. The first-order chi connectivity index (χ1) is 18.7. The van der Waals surface area contributed by atoms with Crippen molar-refractivity contribution in [2.75, 3.05) is 0 Å². The summed E-state index contributed by atoms with van der Waals surface area (Å²) in [6, 6.07) is 43.8. The van der Waals surface area contributed by atoms with Gasteiger partial charge in [0.05, 0.1) is 0 Å². The summed E-state index contributed by atoms with van der Waals surface area (Å²) in [4.78, 5) is 0. The largest absolute Gasteiger partial charge is 0.673 e. The van der Waals surface area contributed by atoms with Crippen LogP contribution in [0.25, 0.3) is 5.73 Å². The molecule has 1 N–H and O–H groups in total. The van der Waals surface area contributed by atoms with Crippen LogP contribution in [0.3, 0.4) is 0 Å². The molecule has 0 aliphatic heterocycles. The second kappa shape index (κ2) is 32.9. The van der Waals surface area contributed by atoms with Gasteiger partial charge in [-0.05, 0) is 12.1 Å². The van der Waals surface area contributed by atoms with Crippen molar-refractivity contribution in [3.8, 4) is 0 Å². The molecule has 0 atom stereocenters. The third kappa shape index (κ3) is 35.2. The summed E-state index contributed by atoms with van der Waals surface area (Å²) in [7, 11) is 0.501. The Labute approximate surface area is 291 Å². The molecule has 44 heavy (non-hydrogen) atoms. The number of nitrogens with one attached hydrogen (secondary N) is 1. The predicted molar refractivity (Wildman–Crippen MR) is 201 cm³/mol. The molecular weight excluding hydrogens is 582 g/mol. The SMILES string of the molecule is CC(C)(C)[NH-].[C-]1=CC=CC1.[CH2-]c1ccccc1.[CH2-]c1ccccc1.[CH3-].[CH3-].[CH3-].[CH3-].[Ti].c1ccc(C[SiH]Cc2ccccc2)cc1. The molecular formula is C41H56NSiTi-8. The normalized spacial score (nSPS) is 9.55. The number of hydrogen-bond donors (Lipinski definition) is 0. The van der Waals surface area contributed by atoms with Gasteiger partial charge < -0.3 is 35.4 Å². The minimum atomic E-state index is -0.250. The molecule has 1 aliphatic rings. The van der Waals surface area contributed by atoms with Crippen molar-refractivity contribution in [2.45, 2.75) is 44.8 Å². The van der Waals surface area contributed by atoms with Gasteiger partial charge in [-0.1, -0.05) is 105 Å². The Morgan fingerprint density at radius 2 is 0.909 bits per heavy atom. The summed E-state index contributed by atoms with van der Waals surface area (Å²) in [5.41, 5.74) is 11.8. The monoisotopic (exact) mass is 638 g/mol. The van der Waals surface area contributed by atoms with Crippen LogP contribution in [0, 0.1) is 49.6 Å². The first kappa shape index (κ1) is 50.6. The smallest absolute Gasteiger partial charge is 0.0379 e. The summed E-state index contributed by atoms with van der Waals surface area (Å²) in [5.74, 6) is 0. The Bertz CT molecular complexity index is 1040. The van der Waals surface area contributed by atoms with Gasteiger partial charge in [-0.25, -0.2) is 12.2 Å². The van der Waals surface area contributed by atoms with Crippen molar-refractivity contribution in [3.05, 3.63) is 217 Å². The van der Waals surface area contributed by atoms with Crippen LogP contribution in [0.2, 0.25) is 0 Å². The molecule has 0 spiro atoms. The molecule has 4 aromatic carbocycles. The molecule has 1 radical (unpaired) electrons. The zero-order chi connectivity index (χ0) is 28.6. The van der Waals surface area contributed by atoms with Gasteiger partial charge in [-0.2, -0.15) is 55.3 Å². The third-order valence-corrected chi connectivity index (χ3v) is 6.24. The number of hydrogen-bond acceptors (Lipinski definition) is 0. The second-order valence-electron chi connectivity index (χ2n) is 9.89. The molecule has 0 heterocycles. The van der Waals surface area contributed by atoms with E-state index in [9.17, 15) is 0 Å². The Hall–Kier alpha value is -3.01. The summed E-state index contributed by atoms with van der Waals surface area (Å²) in [5, 5.41) is 0. The van der Waals surface area contributed by atoms with E-state index in [4.69, 9.17) is 5.73 Å². The quantitative estimate of drug-likeness (QED) is 0.157. The van der Waals surface area contributed by atoms with Crippen LogP contribution in [0.1, 0.15) is 49.4 Å². The van der Waals surface area contributed by atoms with Crippen LogP contribution >= 0.6 is 0 Å². The molecule has 0 unspecified atom stereocenters. The maximum Gasteiger partial charge on any atom is 0.0379 e. The van der Waals surface area contributed by atoms with E-state index in [0.717, 1.165) is 17.5 Å². The average molecular weight is 639 g/mol. The van der Waals surface area contributed by atoms with Gasteiger partial charge in [0.25, 0.3) is 0 Å². The molecule has 0 amide bonds. The summed E-state index contributed by atoms with van der Waals surface area (Å²) in [6.07, 6.45) is 10.0. The van der Waals surface area contributed by atoms with Crippen molar-refractivity contribution in [1.29, 1.82) is 0 Å². The Balaban J connectivity index is -0.000000151. The Kier molecular flexibility index (Phi) is 37.8. The van der Waals surface area contributed by atoms with Gasteiger partial charge in [0, 0.05) is 31.2 Å². The van der Waals surface area contributed by atoms with E-state index < -0.39 is 0 Å². The van der Waals surface area contributed by atoms with Crippen LogP contribution in [0.5, 0.6) is 0 Å². The number of rotatable bonds is 4. The van der Waals surface area contributed by atoms with Crippen molar-refractivity contribution in [1.82, 2.24) is 0 Å². The van der Waals surface area contributed by atoms with Crippen molar-refractivity contribution in [3.63, 3.8) is 0 Å². The van der Waals surface area contributed by atoms with E-state index >= 15 is 0 Å². The zero-order valence-electron chi connectivity index (χ0n) is 28.4. The van der Waals surface area contributed by atoms with E-state index in [0.29, 0.717) is 9.52 Å². The molecule has 1 aliphatic carbocycles. The number of benzene rings is 4. The molecule has 1 nitrogen and oxygen atoms in total. The van der Waals surface area contributed by atoms with E-state index in [-0.39, 0.29) is 57.0 Å². The first-order valence-corrected chi connectivity index (χ1v) is 15.0. The van der Waals surface area contributed by atoms with Gasteiger partial charge >= 0.3 is 0 Å². The van der Waals surface area contributed by atoms with Gasteiger partial charge in [-0.15, -0.1) is 36.2 Å². The molecule has 0 aromatic heterocycles. The third-order valence-electron chi connectivity index (χ3n) is 4.72. The van der Waals surface area contributed by atoms with Crippen LogP contribution in [0.4, 0.5) is 0 Å². The molecule has 0 fully saturated rings. The standard InChI is InChI=1S/C14H15Si.2C7H7.C5H5.C4H10N.4CH3.Ti/c1-3-7-13(8-4-1)11-15-12-14-9-5-2-6-10-14;2*1-7-5-3-2-4-6-7;1-2-4-5-3-1;1-4(2,3)5;;;;;/h1-10,15H,11-12H2;2*2-6H,1H2;1-3H,4H2;5H,1-3H3;4*1H3;/q;8*-1;. The van der Waals surface area contributed by atoms with Crippen LogP contribution in [-0.4, -0.2) is 15.1 Å². The molecule has 3 heteroatoms. The van der Waals surface area contributed by atoms with Gasteiger partial charge in [0.2, 0.25) is 0 Å². The van der Waals surface area contributed by atoms with E-state index in [2.05, 4.69) is 86.7 Å². The van der Waals surface area contributed by atoms with Crippen LogP contribution in [-0.2, 0) is 33.8 Å². The van der Waals surface area contributed by atoms with E-state index in [1.54, 1.807) is 0 Å². The van der Waals surface area contributed by atoms with Crippen LogP contribution < -0.4 is 0 Å². The topological polar surface area (TPSA) is 23.8 Å². The molecule has 0 saturated carbocycles. The Morgan fingerprint density at radius 3 is 1.09 bits per heavy atom. The average Bonchev–Trinajstić information content (AvgIpc) is 3.51. The molecule has 0 bridgehead atoms. The Morgan fingerprint density at radius 1 is 0.614 bits per heavy atom. The molecule has 241 valence electrons.